The van der Waals surface area contributed by atoms with Gasteiger partial charge in [-0.3, -0.25) is 4.79 Å². The van der Waals surface area contributed by atoms with Crippen molar-refractivity contribution >= 4 is 18.0 Å². The molecule has 1 aliphatic rings. The van der Waals surface area contributed by atoms with Crippen LogP contribution in [0, 0.1) is 11.8 Å². The number of urea groups is 1. The van der Waals surface area contributed by atoms with E-state index in [1.165, 1.54) is 0 Å². The number of carbonyl (C=O) groups is 3. The van der Waals surface area contributed by atoms with Crippen molar-refractivity contribution in [2.24, 2.45) is 11.8 Å². The standard InChI is InChI=1S/C34H42N4O4/c1-21(2)19-30(32(39)37-31(22(3)4)38-33(40)35-23(5)24-13-7-6-8-14-24)36-34(41)42-20-29-27-17-11-9-15-25(27)26-16-10-12-18-28(26)29/h6-18,21-23,29-31H,19-20H2,1-5H3,(H,36,41)(H,37,39)(H2,35,38,40)/t23-,30-,31+/m0/s1. The number of alkyl carbamates (subject to hydrolysis) is 1. The smallest absolute Gasteiger partial charge is 0.407 e. The van der Waals surface area contributed by atoms with Gasteiger partial charge in [0.05, 0.1) is 6.04 Å². The van der Waals surface area contributed by atoms with E-state index >= 15 is 0 Å². The third kappa shape index (κ3) is 7.69. The molecule has 0 bridgehead atoms. The molecule has 0 heterocycles. The van der Waals surface area contributed by atoms with E-state index in [1.807, 2.05) is 89.2 Å². The molecule has 8 heteroatoms. The predicted octanol–water partition coefficient (Wildman–Crippen LogP) is 6.10. The third-order valence-electron chi connectivity index (χ3n) is 7.56. The van der Waals surface area contributed by atoms with Crippen LogP contribution >= 0.6 is 0 Å². The summed E-state index contributed by atoms with van der Waals surface area (Å²) in [6.45, 7) is 9.83. The van der Waals surface area contributed by atoms with Gasteiger partial charge in [0.1, 0.15) is 18.8 Å². The van der Waals surface area contributed by atoms with Crippen LogP contribution in [0.5, 0.6) is 0 Å². The maximum Gasteiger partial charge on any atom is 0.407 e. The van der Waals surface area contributed by atoms with Gasteiger partial charge >= 0.3 is 12.1 Å². The zero-order valence-corrected chi connectivity index (χ0v) is 25.0. The lowest BCUT2D eigenvalue weighted by Crippen LogP contribution is -2.58. The number of hydrogen-bond acceptors (Lipinski definition) is 4. The summed E-state index contributed by atoms with van der Waals surface area (Å²) < 4.78 is 5.69. The molecule has 0 spiro atoms. The number of fused-ring (bicyclic) bond motifs is 3. The van der Waals surface area contributed by atoms with Crippen LogP contribution in [-0.2, 0) is 9.53 Å². The first-order valence-corrected chi connectivity index (χ1v) is 14.7. The molecule has 3 aromatic carbocycles. The molecule has 0 saturated heterocycles. The van der Waals surface area contributed by atoms with Gasteiger partial charge in [0.2, 0.25) is 5.91 Å². The van der Waals surface area contributed by atoms with Gasteiger partial charge in [-0.25, -0.2) is 9.59 Å². The molecule has 222 valence electrons. The number of ether oxygens (including phenoxy) is 1. The Labute approximate surface area is 248 Å². The molecule has 4 N–H and O–H groups in total. The molecule has 8 nitrogen and oxygen atoms in total. The Hall–Kier alpha value is -4.33. The quantitative estimate of drug-likeness (QED) is 0.209. The monoisotopic (exact) mass is 570 g/mol. The molecule has 4 amide bonds. The highest BCUT2D eigenvalue weighted by Gasteiger charge is 2.31. The summed E-state index contributed by atoms with van der Waals surface area (Å²) in [6, 6.07) is 24.5. The SMILES string of the molecule is CC(C)C[C@H](NC(=O)OCC1c2ccccc2-c2ccccc21)C(=O)N[C@H](NC(=O)N[C@@H](C)c1ccccc1)C(C)C. The number of amides is 4. The maximum absolute atomic E-state index is 13.4. The second-order valence-electron chi connectivity index (χ2n) is 11.6. The molecular weight excluding hydrogens is 528 g/mol. The zero-order valence-electron chi connectivity index (χ0n) is 25.0. The van der Waals surface area contributed by atoms with E-state index in [1.54, 1.807) is 0 Å². The molecule has 0 unspecified atom stereocenters. The van der Waals surface area contributed by atoms with Gasteiger partial charge < -0.3 is 26.0 Å². The maximum atomic E-state index is 13.4. The minimum absolute atomic E-state index is 0.0770. The molecule has 1 aliphatic carbocycles. The highest BCUT2D eigenvalue weighted by Crippen LogP contribution is 2.44. The Balaban J connectivity index is 1.36. The molecule has 3 aromatic rings. The van der Waals surface area contributed by atoms with Crippen LogP contribution in [-0.4, -0.2) is 36.8 Å². The van der Waals surface area contributed by atoms with Gasteiger partial charge in [-0.15, -0.1) is 0 Å². The molecule has 3 atom stereocenters. The average molecular weight is 571 g/mol. The Morgan fingerprint density at radius 2 is 1.29 bits per heavy atom. The Bertz CT molecular complexity index is 1330. The van der Waals surface area contributed by atoms with E-state index in [0.29, 0.717) is 6.42 Å². The summed E-state index contributed by atoms with van der Waals surface area (Å²) in [5.74, 6) is -0.421. The zero-order chi connectivity index (χ0) is 30.2. The van der Waals surface area contributed by atoms with Crippen LogP contribution in [0.1, 0.15) is 69.7 Å². The van der Waals surface area contributed by atoms with Crippen molar-refractivity contribution in [3.05, 3.63) is 95.6 Å². The van der Waals surface area contributed by atoms with Crippen LogP contribution in [0.25, 0.3) is 11.1 Å². The van der Waals surface area contributed by atoms with Crippen molar-refractivity contribution in [2.75, 3.05) is 6.61 Å². The lowest BCUT2D eigenvalue weighted by molar-refractivity contribution is -0.124. The Kier molecular flexibility index (Phi) is 10.2. The topological polar surface area (TPSA) is 109 Å². The average Bonchev–Trinajstić information content (AvgIpc) is 3.29. The van der Waals surface area contributed by atoms with Gasteiger partial charge in [-0.2, -0.15) is 0 Å². The number of hydrogen-bond donors (Lipinski definition) is 4. The second kappa shape index (κ2) is 14.0. The number of nitrogens with one attached hydrogen (secondary N) is 4. The molecule has 4 rings (SSSR count). The van der Waals surface area contributed by atoms with Crippen molar-refractivity contribution in [3.8, 4) is 11.1 Å². The highest BCUT2D eigenvalue weighted by molar-refractivity contribution is 5.86. The first-order valence-electron chi connectivity index (χ1n) is 14.7. The van der Waals surface area contributed by atoms with Gasteiger partial charge in [0.15, 0.2) is 0 Å². The van der Waals surface area contributed by atoms with Crippen molar-refractivity contribution < 1.29 is 19.1 Å². The molecule has 0 aromatic heterocycles. The lowest BCUT2D eigenvalue weighted by atomic mass is 9.98. The van der Waals surface area contributed by atoms with E-state index in [-0.39, 0.29) is 36.3 Å². The van der Waals surface area contributed by atoms with E-state index in [4.69, 9.17) is 4.74 Å². The Morgan fingerprint density at radius 1 is 0.714 bits per heavy atom. The van der Waals surface area contributed by atoms with E-state index in [2.05, 4.69) is 45.5 Å². The first kappa shape index (κ1) is 30.6. The minimum Gasteiger partial charge on any atom is -0.449 e. The molecular formula is C34H42N4O4. The van der Waals surface area contributed by atoms with Crippen molar-refractivity contribution in [2.45, 2.75) is 65.2 Å². The van der Waals surface area contributed by atoms with Gasteiger partial charge in [-0.05, 0) is 53.0 Å². The van der Waals surface area contributed by atoms with Crippen LogP contribution in [0.4, 0.5) is 9.59 Å². The number of carbonyl (C=O) groups excluding carboxylic acids is 3. The predicted molar refractivity (Wildman–Crippen MR) is 165 cm³/mol. The van der Waals surface area contributed by atoms with Crippen LogP contribution in [0.3, 0.4) is 0 Å². The summed E-state index contributed by atoms with van der Waals surface area (Å²) in [5.41, 5.74) is 5.51. The van der Waals surface area contributed by atoms with Crippen LogP contribution in [0.15, 0.2) is 78.9 Å². The largest absolute Gasteiger partial charge is 0.449 e. The first-order chi connectivity index (χ1) is 20.1. The summed E-state index contributed by atoms with van der Waals surface area (Å²) in [6.07, 6.45) is -0.876. The molecule has 0 aliphatic heterocycles. The fraction of sp³-hybridized carbons (Fsp3) is 0.382. The Morgan fingerprint density at radius 3 is 1.86 bits per heavy atom. The van der Waals surface area contributed by atoms with E-state index in [0.717, 1.165) is 27.8 Å². The van der Waals surface area contributed by atoms with Crippen molar-refractivity contribution in [1.82, 2.24) is 21.3 Å². The van der Waals surface area contributed by atoms with Crippen molar-refractivity contribution in [1.29, 1.82) is 0 Å². The lowest BCUT2D eigenvalue weighted by Gasteiger charge is -2.28. The van der Waals surface area contributed by atoms with E-state index in [9.17, 15) is 14.4 Å². The fourth-order valence-electron chi connectivity index (χ4n) is 5.31. The normalized spacial score (nSPS) is 14.4. The van der Waals surface area contributed by atoms with Crippen molar-refractivity contribution in [3.63, 3.8) is 0 Å². The molecule has 0 fully saturated rings. The third-order valence-corrected chi connectivity index (χ3v) is 7.56. The summed E-state index contributed by atoms with van der Waals surface area (Å²) in [5, 5.41) is 11.5. The summed E-state index contributed by atoms with van der Waals surface area (Å²) >= 11 is 0. The second-order valence-corrected chi connectivity index (χ2v) is 11.6. The fourth-order valence-corrected chi connectivity index (χ4v) is 5.31. The highest BCUT2D eigenvalue weighted by atomic mass is 16.5. The van der Waals surface area contributed by atoms with E-state index < -0.39 is 24.3 Å². The van der Waals surface area contributed by atoms with Crippen LogP contribution in [0.2, 0.25) is 0 Å². The van der Waals surface area contributed by atoms with Gasteiger partial charge in [0, 0.05) is 5.92 Å². The van der Waals surface area contributed by atoms with Gasteiger partial charge in [0.25, 0.3) is 0 Å². The molecule has 0 saturated carbocycles. The minimum atomic E-state index is -0.824. The van der Waals surface area contributed by atoms with Crippen LogP contribution < -0.4 is 21.3 Å². The molecule has 42 heavy (non-hydrogen) atoms. The van der Waals surface area contributed by atoms with Gasteiger partial charge in [-0.1, -0.05) is 107 Å². The number of benzene rings is 3. The summed E-state index contributed by atoms with van der Waals surface area (Å²) in [7, 11) is 0. The number of rotatable bonds is 11. The molecule has 0 radical (unpaired) electrons. The summed E-state index contributed by atoms with van der Waals surface area (Å²) in [4.78, 5) is 39.1.